The molecular formula is C12H13ClN2O2S2. The van der Waals surface area contributed by atoms with Gasteiger partial charge >= 0.3 is 0 Å². The summed E-state index contributed by atoms with van der Waals surface area (Å²) in [5.74, 6) is 0. The molecule has 1 heterocycles. The van der Waals surface area contributed by atoms with Crippen LogP contribution < -0.4 is 10.5 Å². The molecule has 0 saturated heterocycles. The van der Waals surface area contributed by atoms with Crippen LogP contribution in [0.2, 0.25) is 5.02 Å². The van der Waals surface area contributed by atoms with E-state index in [0.717, 1.165) is 11.3 Å². The Hall–Kier alpha value is -1.24. The molecule has 2 rings (SSSR count). The molecule has 0 atom stereocenters. The highest BCUT2D eigenvalue weighted by Crippen LogP contribution is 2.29. The normalized spacial score (nSPS) is 11.5. The van der Waals surface area contributed by atoms with Gasteiger partial charge in [0.1, 0.15) is 4.21 Å². The molecule has 19 heavy (non-hydrogen) atoms. The fourth-order valence-electron chi connectivity index (χ4n) is 1.50. The third-order valence-electron chi connectivity index (χ3n) is 2.49. The monoisotopic (exact) mass is 316 g/mol. The number of anilines is 2. The Morgan fingerprint density at radius 3 is 2.63 bits per heavy atom. The third kappa shape index (κ3) is 3.20. The average molecular weight is 317 g/mol. The molecule has 0 aliphatic carbocycles. The SMILES string of the molecule is CCc1ccc(S(=O)(=O)Nc2ccc(N)cc2Cl)s1. The minimum absolute atomic E-state index is 0.274. The number of nitrogen functional groups attached to an aromatic ring is 1. The quantitative estimate of drug-likeness (QED) is 0.850. The third-order valence-corrected chi connectivity index (χ3v) is 5.89. The molecule has 0 saturated carbocycles. The molecule has 0 bridgehead atoms. The van der Waals surface area contributed by atoms with Gasteiger partial charge in [-0.3, -0.25) is 4.72 Å². The number of nitrogens with one attached hydrogen (secondary N) is 1. The first-order chi connectivity index (χ1) is 8.92. The zero-order valence-electron chi connectivity index (χ0n) is 10.2. The fourth-order valence-corrected chi connectivity index (χ4v) is 4.17. The summed E-state index contributed by atoms with van der Waals surface area (Å²) in [7, 11) is -3.59. The van der Waals surface area contributed by atoms with Gasteiger partial charge in [-0.1, -0.05) is 18.5 Å². The van der Waals surface area contributed by atoms with E-state index in [4.69, 9.17) is 17.3 Å². The van der Waals surface area contributed by atoms with Crippen molar-refractivity contribution in [1.29, 1.82) is 0 Å². The van der Waals surface area contributed by atoms with Gasteiger partial charge in [0.15, 0.2) is 0 Å². The summed E-state index contributed by atoms with van der Waals surface area (Å²) in [5.41, 5.74) is 6.37. The van der Waals surface area contributed by atoms with E-state index in [-0.39, 0.29) is 9.23 Å². The zero-order valence-corrected chi connectivity index (χ0v) is 12.6. The number of hydrogen-bond donors (Lipinski definition) is 2. The Morgan fingerprint density at radius 2 is 2.05 bits per heavy atom. The molecule has 1 aromatic carbocycles. The Balaban J connectivity index is 2.30. The molecule has 0 fully saturated rings. The summed E-state index contributed by atoms with van der Waals surface area (Å²) in [5, 5.41) is 0.274. The van der Waals surface area contributed by atoms with E-state index < -0.39 is 10.0 Å². The van der Waals surface area contributed by atoms with Crippen molar-refractivity contribution in [2.75, 3.05) is 10.5 Å². The van der Waals surface area contributed by atoms with Gasteiger partial charge in [0.25, 0.3) is 10.0 Å². The van der Waals surface area contributed by atoms with Crippen LogP contribution in [0.3, 0.4) is 0 Å². The maximum Gasteiger partial charge on any atom is 0.271 e. The van der Waals surface area contributed by atoms with E-state index in [9.17, 15) is 8.42 Å². The van der Waals surface area contributed by atoms with Crippen LogP contribution in [0.1, 0.15) is 11.8 Å². The minimum atomic E-state index is -3.59. The van der Waals surface area contributed by atoms with Crippen LogP contribution in [0.5, 0.6) is 0 Å². The number of rotatable bonds is 4. The van der Waals surface area contributed by atoms with Crippen LogP contribution in [0, 0.1) is 0 Å². The molecule has 0 aliphatic heterocycles. The van der Waals surface area contributed by atoms with Crippen LogP contribution in [-0.4, -0.2) is 8.42 Å². The Labute approximate surface area is 121 Å². The highest BCUT2D eigenvalue weighted by Gasteiger charge is 2.18. The van der Waals surface area contributed by atoms with Crippen molar-refractivity contribution in [3.05, 3.63) is 40.2 Å². The van der Waals surface area contributed by atoms with Gasteiger partial charge in [-0.2, -0.15) is 0 Å². The van der Waals surface area contributed by atoms with E-state index in [0.29, 0.717) is 11.4 Å². The lowest BCUT2D eigenvalue weighted by atomic mass is 10.3. The maximum atomic E-state index is 12.2. The van der Waals surface area contributed by atoms with Crippen LogP contribution >= 0.6 is 22.9 Å². The number of thiophene rings is 1. The van der Waals surface area contributed by atoms with E-state index in [1.165, 1.54) is 17.4 Å². The van der Waals surface area contributed by atoms with Crippen LogP contribution in [-0.2, 0) is 16.4 Å². The first kappa shape index (κ1) is 14.2. The predicted molar refractivity (Wildman–Crippen MR) is 80.4 cm³/mol. The van der Waals surface area contributed by atoms with Gasteiger partial charge in [-0.05, 0) is 36.8 Å². The average Bonchev–Trinajstić information content (AvgIpc) is 2.82. The van der Waals surface area contributed by atoms with Crippen molar-refractivity contribution in [2.45, 2.75) is 17.6 Å². The molecule has 7 heteroatoms. The molecule has 1 aromatic heterocycles. The van der Waals surface area contributed by atoms with Gasteiger partial charge in [0.05, 0.1) is 10.7 Å². The number of nitrogens with two attached hydrogens (primary N) is 1. The number of halogens is 1. The van der Waals surface area contributed by atoms with Crippen molar-refractivity contribution < 1.29 is 8.42 Å². The molecule has 3 N–H and O–H groups in total. The number of benzene rings is 1. The predicted octanol–water partition coefficient (Wildman–Crippen LogP) is 3.35. The van der Waals surface area contributed by atoms with E-state index >= 15 is 0 Å². The summed E-state index contributed by atoms with van der Waals surface area (Å²) in [4.78, 5) is 1.02. The van der Waals surface area contributed by atoms with Gasteiger partial charge in [-0.15, -0.1) is 11.3 Å². The van der Waals surface area contributed by atoms with Gasteiger partial charge in [0.2, 0.25) is 0 Å². The topological polar surface area (TPSA) is 72.2 Å². The minimum Gasteiger partial charge on any atom is -0.399 e. The van der Waals surface area contributed by atoms with Crippen LogP contribution in [0.4, 0.5) is 11.4 Å². The van der Waals surface area contributed by atoms with Crippen molar-refractivity contribution >= 4 is 44.3 Å². The van der Waals surface area contributed by atoms with Crippen molar-refractivity contribution in [3.63, 3.8) is 0 Å². The van der Waals surface area contributed by atoms with Crippen LogP contribution in [0.15, 0.2) is 34.5 Å². The lowest BCUT2D eigenvalue weighted by Gasteiger charge is -2.08. The van der Waals surface area contributed by atoms with Gasteiger partial charge in [-0.25, -0.2) is 8.42 Å². The standard InChI is InChI=1S/C12H13ClN2O2S2/c1-2-9-4-6-12(18-9)19(16,17)15-11-5-3-8(14)7-10(11)13/h3-7,15H,2,14H2,1H3. The largest absolute Gasteiger partial charge is 0.399 e. The zero-order chi connectivity index (χ0) is 14.0. The summed E-state index contributed by atoms with van der Waals surface area (Å²) in [6.45, 7) is 1.98. The first-order valence-corrected chi connectivity index (χ1v) is 8.26. The fraction of sp³-hybridized carbons (Fsp3) is 0.167. The Kier molecular flexibility index (Phi) is 4.03. The highest BCUT2D eigenvalue weighted by molar-refractivity contribution is 7.94. The van der Waals surface area contributed by atoms with E-state index in [1.807, 2.05) is 13.0 Å². The second kappa shape index (κ2) is 5.40. The molecule has 4 nitrogen and oxygen atoms in total. The molecule has 0 spiro atoms. The molecule has 0 aliphatic rings. The number of hydrogen-bond acceptors (Lipinski definition) is 4. The molecule has 0 unspecified atom stereocenters. The maximum absolute atomic E-state index is 12.2. The Morgan fingerprint density at radius 1 is 1.32 bits per heavy atom. The van der Waals surface area contributed by atoms with Crippen molar-refractivity contribution in [3.8, 4) is 0 Å². The first-order valence-electron chi connectivity index (χ1n) is 5.59. The molecule has 0 radical (unpaired) electrons. The van der Waals surface area contributed by atoms with Gasteiger partial charge in [0, 0.05) is 10.6 Å². The molecular weight excluding hydrogens is 304 g/mol. The summed E-state index contributed by atoms with van der Waals surface area (Å²) in [6, 6.07) is 8.05. The van der Waals surface area contributed by atoms with Crippen molar-refractivity contribution in [1.82, 2.24) is 0 Å². The smallest absolute Gasteiger partial charge is 0.271 e. The van der Waals surface area contributed by atoms with Gasteiger partial charge < -0.3 is 5.73 Å². The lowest BCUT2D eigenvalue weighted by molar-refractivity contribution is 0.603. The van der Waals surface area contributed by atoms with Crippen molar-refractivity contribution in [2.24, 2.45) is 0 Å². The Bertz CT molecular complexity index is 696. The molecule has 0 amide bonds. The molecule has 102 valence electrons. The summed E-state index contributed by atoms with van der Waals surface area (Å²) in [6.07, 6.45) is 0.808. The van der Waals surface area contributed by atoms with Crippen LogP contribution in [0.25, 0.3) is 0 Å². The summed E-state index contributed by atoms with van der Waals surface area (Å²) < 4.78 is 27.1. The second-order valence-electron chi connectivity index (χ2n) is 3.92. The molecule has 2 aromatic rings. The lowest BCUT2D eigenvalue weighted by Crippen LogP contribution is -2.11. The van der Waals surface area contributed by atoms with E-state index in [2.05, 4.69) is 4.72 Å². The number of aryl methyl sites for hydroxylation is 1. The summed E-state index contributed by atoms with van der Waals surface area (Å²) >= 11 is 7.20. The number of sulfonamides is 1. The second-order valence-corrected chi connectivity index (χ2v) is 7.40. The van der Waals surface area contributed by atoms with E-state index in [1.54, 1.807) is 18.2 Å². The highest BCUT2D eigenvalue weighted by atomic mass is 35.5.